The molecule has 6 heteroatoms. The van der Waals surface area contributed by atoms with Crippen LogP contribution in [0, 0.1) is 0 Å². The Hall–Kier alpha value is -1.66. The van der Waals surface area contributed by atoms with Crippen molar-refractivity contribution < 1.29 is 14.0 Å². The second-order valence-electron chi connectivity index (χ2n) is 5.12. The van der Waals surface area contributed by atoms with Crippen molar-refractivity contribution in [2.75, 3.05) is 13.2 Å². The number of aliphatic hydroxyl groups is 1. The summed E-state index contributed by atoms with van der Waals surface area (Å²) in [5, 5.41) is 12.9. The normalized spacial score (nSPS) is 15.7. The molecule has 0 aromatic carbocycles. The second kappa shape index (κ2) is 6.19. The third kappa shape index (κ3) is 2.91. The zero-order chi connectivity index (χ0) is 13.8. The van der Waals surface area contributed by atoms with Crippen LogP contribution in [-0.4, -0.2) is 39.3 Å². The van der Waals surface area contributed by atoms with Gasteiger partial charge in [-0.2, -0.15) is 4.98 Å². The Morgan fingerprint density at radius 1 is 1.40 bits per heavy atom. The number of rotatable bonds is 7. The molecule has 0 saturated heterocycles. The zero-order valence-electron chi connectivity index (χ0n) is 11.4. The lowest BCUT2D eigenvalue weighted by molar-refractivity contribution is 0.0969. The molecule has 1 aliphatic rings. The highest BCUT2D eigenvalue weighted by atomic mass is 16.5. The van der Waals surface area contributed by atoms with Crippen LogP contribution in [0.4, 0.5) is 0 Å². The predicted molar refractivity (Wildman–Crippen MR) is 71.8 cm³/mol. The van der Waals surface area contributed by atoms with Crippen LogP contribution in [0.2, 0.25) is 0 Å². The van der Waals surface area contributed by atoms with Gasteiger partial charge in [0.2, 0.25) is 11.7 Å². The van der Waals surface area contributed by atoms with Crippen LogP contribution in [-0.2, 0) is 6.54 Å². The van der Waals surface area contributed by atoms with Crippen molar-refractivity contribution in [3.05, 3.63) is 24.3 Å². The van der Waals surface area contributed by atoms with Crippen LogP contribution < -0.4 is 0 Å². The highest BCUT2D eigenvalue weighted by Crippen LogP contribution is 2.26. The third-order valence-electron chi connectivity index (χ3n) is 3.74. The molecule has 0 amide bonds. The van der Waals surface area contributed by atoms with E-state index in [-0.39, 0.29) is 6.61 Å². The summed E-state index contributed by atoms with van der Waals surface area (Å²) < 4.78 is 10.5. The van der Waals surface area contributed by atoms with Gasteiger partial charge in [0.05, 0.1) is 12.8 Å². The Kier molecular flexibility index (Phi) is 4.13. The zero-order valence-corrected chi connectivity index (χ0v) is 11.4. The highest BCUT2D eigenvalue weighted by molar-refractivity contribution is 5.44. The number of aliphatic hydroxyl groups excluding tert-OH is 1. The van der Waals surface area contributed by atoms with E-state index in [2.05, 4.69) is 15.0 Å². The Labute approximate surface area is 117 Å². The summed E-state index contributed by atoms with van der Waals surface area (Å²) in [4.78, 5) is 6.68. The lowest BCUT2D eigenvalue weighted by Gasteiger charge is -2.36. The fraction of sp³-hybridized carbons (Fsp3) is 0.571. The number of hydrogen-bond acceptors (Lipinski definition) is 6. The Morgan fingerprint density at radius 2 is 2.30 bits per heavy atom. The molecule has 0 atom stereocenters. The molecule has 2 aromatic heterocycles. The first-order valence-corrected chi connectivity index (χ1v) is 7.08. The first-order valence-electron chi connectivity index (χ1n) is 7.08. The van der Waals surface area contributed by atoms with E-state index in [1.165, 1.54) is 19.3 Å². The van der Waals surface area contributed by atoms with Crippen LogP contribution in [0.3, 0.4) is 0 Å². The van der Waals surface area contributed by atoms with Crippen LogP contribution in [0.5, 0.6) is 0 Å². The third-order valence-corrected chi connectivity index (χ3v) is 3.74. The Bertz CT molecular complexity index is 520. The molecule has 0 aliphatic heterocycles. The van der Waals surface area contributed by atoms with E-state index in [4.69, 9.17) is 14.0 Å². The van der Waals surface area contributed by atoms with E-state index in [9.17, 15) is 0 Å². The molecule has 1 aliphatic carbocycles. The molecule has 108 valence electrons. The van der Waals surface area contributed by atoms with Crippen molar-refractivity contribution in [2.24, 2.45) is 0 Å². The largest absolute Gasteiger partial charge is 0.461 e. The molecule has 20 heavy (non-hydrogen) atoms. The van der Waals surface area contributed by atoms with Gasteiger partial charge in [0, 0.05) is 19.2 Å². The molecule has 2 aromatic rings. The second-order valence-corrected chi connectivity index (χ2v) is 5.12. The minimum atomic E-state index is 0.213. The van der Waals surface area contributed by atoms with Gasteiger partial charge >= 0.3 is 0 Å². The minimum Gasteiger partial charge on any atom is -0.461 e. The fourth-order valence-corrected chi connectivity index (χ4v) is 2.42. The van der Waals surface area contributed by atoms with Crippen molar-refractivity contribution in [1.29, 1.82) is 0 Å². The van der Waals surface area contributed by atoms with E-state index in [0.29, 0.717) is 30.1 Å². The molecule has 1 N–H and O–H groups in total. The molecular weight excluding hydrogens is 258 g/mol. The molecule has 1 saturated carbocycles. The maximum Gasteiger partial charge on any atom is 0.241 e. The average Bonchev–Trinajstić information content (AvgIpc) is 3.04. The van der Waals surface area contributed by atoms with Gasteiger partial charge in [0.15, 0.2) is 5.76 Å². The summed E-state index contributed by atoms with van der Waals surface area (Å²) in [5.74, 6) is 1.70. The van der Waals surface area contributed by atoms with Crippen molar-refractivity contribution in [3.8, 4) is 11.6 Å². The fourth-order valence-electron chi connectivity index (χ4n) is 2.42. The number of aromatic nitrogens is 2. The molecule has 1 fully saturated rings. The topological polar surface area (TPSA) is 75.5 Å². The van der Waals surface area contributed by atoms with Crippen LogP contribution in [0.25, 0.3) is 11.6 Å². The SMILES string of the molecule is OCCCN(Cc1nc(-c2ccco2)no1)C1CCC1. The predicted octanol–water partition coefficient (Wildman–Crippen LogP) is 2.07. The van der Waals surface area contributed by atoms with E-state index in [1.54, 1.807) is 12.3 Å². The first kappa shape index (κ1) is 13.3. The smallest absolute Gasteiger partial charge is 0.241 e. The van der Waals surface area contributed by atoms with Crippen LogP contribution in [0.1, 0.15) is 31.6 Å². The highest BCUT2D eigenvalue weighted by Gasteiger charge is 2.26. The van der Waals surface area contributed by atoms with Gasteiger partial charge < -0.3 is 14.0 Å². The van der Waals surface area contributed by atoms with Gasteiger partial charge in [-0.15, -0.1) is 0 Å². The van der Waals surface area contributed by atoms with Crippen molar-refractivity contribution in [3.63, 3.8) is 0 Å². The van der Waals surface area contributed by atoms with Gasteiger partial charge in [-0.3, -0.25) is 4.90 Å². The quantitative estimate of drug-likeness (QED) is 0.835. The monoisotopic (exact) mass is 277 g/mol. The lowest BCUT2D eigenvalue weighted by Crippen LogP contribution is -2.40. The standard InChI is InChI=1S/C14H19N3O3/c18-8-3-7-17(11-4-1-5-11)10-13-15-14(16-20-13)12-6-2-9-19-12/h2,6,9,11,18H,1,3-5,7-8,10H2. The van der Waals surface area contributed by atoms with Crippen molar-refractivity contribution in [1.82, 2.24) is 15.0 Å². The van der Waals surface area contributed by atoms with Crippen LogP contribution >= 0.6 is 0 Å². The van der Waals surface area contributed by atoms with Crippen molar-refractivity contribution >= 4 is 0 Å². The van der Waals surface area contributed by atoms with Crippen molar-refractivity contribution in [2.45, 2.75) is 38.3 Å². The maximum absolute atomic E-state index is 8.99. The summed E-state index contributed by atoms with van der Waals surface area (Å²) >= 11 is 0. The molecule has 2 heterocycles. The molecular formula is C14H19N3O3. The first-order chi connectivity index (χ1) is 9.86. The summed E-state index contributed by atoms with van der Waals surface area (Å²) in [7, 11) is 0. The Morgan fingerprint density at radius 3 is 2.95 bits per heavy atom. The maximum atomic E-state index is 8.99. The minimum absolute atomic E-state index is 0.213. The van der Waals surface area contributed by atoms with Gasteiger partial charge in [0.1, 0.15) is 0 Å². The number of nitrogens with zero attached hydrogens (tertiary/aromatic N) is 3. The molecule has 0 unspecified atom stereocenters. The summed E-state index contributed by atoms with van der Waals surface area (Å²) in [5.41, 5.74) is 0. The number of hydrogen-bond donors (Lipinski definition) is 1. The van der Waals surface area contributed by atoms with Gasteiger partial charge in [-0.05, 0) is 31.4 Å². The summed E-state index contributed by atoms with van der Waals surface area (Å²) in [6.07, 6.45) is 6.07. The molecule has 0 spiro atoms. The summed E-state index contributed by atoms with van der Waals surface area (Å²) in [6.45, 7) is 1.71. The van der Waals surface area contributed by atoms with Gasteiger partial charge in [-0.1, -0.05) is 11.6 Å². The van der Waals surface area contributed by atoms with E-state index in [1.807, 2.05) is 6.07 Å². The molecule has 3 rings (SSSR count). The van der Waals surface area contributed by atoms with E-state index in [0.717, 1.165) is 13.0 Å². The van der Waals surface area contributed by atoms with Gasteiger partial charge in [0.25, 0.3) is 0 Å². The van der Waals surface area contributed by atoms with Gasteiger partial charge in [-0.25, -0.2) is 0 Å². The van der Waals surface area contributed by atoms with E-state index < -0.39 is 0 Å². The lowest BCUT2D eigenvalue weighted by atomic mass is 9.91. The average molecular weight is 277 g/mol. The molecule has 0 radical (unpaired) electrons. The summed E-state index contributed by atoms with van der Waals surface area (Å²) in [6, 6.07) is 4.19. The van der Waals surface area contributed by atoms with E-state index >= 15 is 0 Å². The molecule has 6 nitrogen and oxygen atoms in total. The van der Waals surface area contributed by atoms with Crippen LogP contribution in [0.15, 0.2) is 27.3 Å². The Balaban J connectivity index is 1.65. The number of furan rings is 1. The molecule has 0 bridgehead atoms.